The van der Waals surface area contributed by atoms with E-state index in [1.54, 1.807) is 11.0 Å². The Balaban J connectivity index is 1.69. The number of anilines is 4. The fourth-order valence-corrected chi connectivity index (χ4v) is 4.84. The molecular weight excluding hydrogens is 465 g/mol. The van der Waals surface area contributed by atoms with Crippen LogP contribution in [-0.4, -0.2) is 28.8 Å². The number of benzene rings is 2. The summed E-state index contributed by atoms with van der Waals surface area (Å²) in [5.41, 5.74) is 2.01. The van der Waals surface area contributed by atoms with Crippen LogP contribution in [0.15, 0.2) is 59.6 Å². The quantitative estimate of drug-likeness (QED) is 0.389. The zero-order chi connectivity index (χ0) is 22.9. The van der Waals surface area contributed by atoms with E-state index in [1.165, 1.54) is 12.3 Å². The highest BCUT2D eigenvalue weighted by Crippen LogP contribution is 2.35. The lowest BCUT2D eigenvalue weighted by Gasteiger charge is -2.24. The van der Waals surface area contributed by atoms with E-state index < -0.39 is 32.2 Å². The molecule has 13 heteroatoms. The van der Waals surface area contributed by atoms with Crippen molar-refractivity contribution in [1.29, 1.82) is 0 Å². The van der Waals surface area contributed by atoms with Crippen molar-refractivity contribution in [2.75, 3.05) is 9.62 Å². The smallest absolute Gasteiger partial charge is 0.291 e. The second-order valence-corrected chi connectivity index (χ2v) is 9.24. The molecule has 0 aliphatic heterocycles. The number of hydrogen-bond acceptors (Lipinski definition) is 7. The average Bonchev–Trinajstić information content (AvgIpc) is 3.40. The van der Waals surface area contributed by atoms with Crippen LogP contribution in [-0.2, 0) is 10.0 Å². The number of sulfonamides is 1. The second kappa shape index (κ2) is 8.59. The van der Waals surface area contributed by atoms with Gasteiger partial charge in [0.2, 0.25) is 5.13 Å². The summed E-state index contributed by atoms with van der Waals surface area (Å²) in [5.74, 6) is -0.497. The van der Waals surface area contributed by atoms with Gasteiger partial charge in [0.25, 0.3) is 16.4 Å². The molecule has 0 unspecified atom stereocenters. The normalized spacial score (nSPS) is 11.7. The minimum atomic E-state index is -4.42. The third kappa shape index (κ3) is 4.43. The maximum Gasteiger partial charge on any atom is 0.291 e. The number of hydrogen-bond donors (Lipinski definition) is 2. The molecule has 4 aromatic rings. The summed E-state index contributed by atoms with van der Waals surface area (Å²) in [6, 6.07) is 12.7. The molecule has 32 heavy (non-hydrogen) atoms. The van der Waals surface area contributed by atoms with E-state index in [9.17, 15) is 21.6 Å². The van der Waals surface area contributed by atoms with Gasteiger partial charge < -0.3 is 0 Å². The Morgan fingerprint density at radius 3 is 2.50 bits per heavy atom. The van der Waals surface area contributed by atoms with E-state index in [1.807, 2.05) is 35.9 Å². The zero-order valence-electron chi connectivity index (χ0n) is 16.3. The maximum atomic E-state index is 15.0. The van der Waals surface area contributed by atoms with Gasteiger partial charge in [0.15, 0.2) is 5.01 Å². The molecule has 0 saturated heterocycles. The van der Waals surface area contributed by atoms with Crippen LogP contribution in [0.2, 0.25) is 0 Å². The number of nitrogens with one attached hydrogen (secondary N) is 2. The number of aryl methyl sites for hydroxylation is 1. The number of rotatable bonds is 7. The number of aromatic amines is 1. The topological polar surface area (TPSA) is 104 Å². The van der Waals surface area contributed by atoms with Gasteiger partial charge in [-0.15, -0.1) is 10.2 Å². The summed E-state index contributed by atoms with van der Waals surface area (Å²) in [5, 5.41) is 12.3. The van der Waals surface area contributed by atoms with E-state index in [0.717, 1.165) is 17.7 Å². The Kier molecular flexibility index (Phi) is 5.84. The van der Waals surface area contributed by atoms with Crippen molar-refractivity contribution in [3.63, 3.8) is 0 Å². The lowest BCUT2D eigenvalue weighted by molar-refractivity contribution is 0.150. The summed E-state index contributed by atoms with van der Waals surface area (Å²) in [6.45, 7) is 1.91. The molecule has 0 fully saturated rings. The molecule has 2 aromatic heterocycles. The molecule has 8 nitrogen and oxygen atoms in total. The van der Waals surface area contributed by atoms with E-state index in [4.69, 9.17) is 0 Å². The molecule has 2 aromatic carbocycles. The molecule has 0 aliphatic rings. The maximum absolute atomic E-state index is 15.0. The third-order valence-corrected chi connectivity index (χ3v) is 6.65. The van der Waals surface area contributed by atoms with Gasteiger partial charge >= 0.3 is 0 Å². The van der Waals surface area contributed by atoms with Crippen molar-refractivity contribution in [2.24, 2.45) is 0 Å². The standard InChI is InChI=1S/C19H15F3N6O2S2/c1-11-3-2-4-12(9-11)28(16-7-8-23-24-16)13-5-6-15(14(20)10-13)32(29,30)27-19-26-25-18(31-19)17(21)22/h2-10,17H,1H3,(H,23,24)(H,26,27). The van der Waals surface area contributed by atoms with Crippen LogP contribution in [0.3, 0.4) is 0 Å². The van der Waals surface area contributed by atoms with Gasteiger partial charge in [0.1, 0.15) is 16.5 Å². The first-order chi connectivity index (χ1) is 15.2. The van der Waals surface area contributed by atoms with Gasteiger partial charge in [-0.2, -0.15) is 5.10 Å². The fraction of sp³-hybridized carbons (Fsp3) is 0.105. The Morgan fingerprint density at radius 2 is 1.88 bits per heavy atom. The molecule has 0 saturated carbocycles. The Labute approximate surface area is 184 Å². The SMILES string of the molecule is Cc1cccc(N(c2ccc(S(=O)(=O)Nc3nnc(C(F)F)s3)c(F)c2)c2ccn[nH]2)c1. The van der Waals surface area contributed by atoms with Gasteiger partial charge in [-0.1, -0.05) is 23.5 Å². The first-order valence-corrected chi connectivity index (χ1v) is 11.3. The Hall–Kier alpha value is -3.45. The van der Waals surface area contributed by atoms with Crippen LogP contribution >= 0.6 is 11.3 Å². The third-order valence-electron chi connectivity index (χ3n) is 4.30. The van der Waals surface area contributed by atoms with Crippen LogP contribution in [0.5, 0.6) is 0 Å². The molecular formula is C19H15F3N6O2S2. The number of H-pyrrole nitrogens is 1. The first-order valence-electron chi connectivity index (χ1n) is 9.05. The highest BCUT2D eigenvalue weighted by molar-refractivity contribution is 7.93. The van der Waals surface area contributed by atoms with E-state index >= 15 is 0 Å². The predicted molar refractivity (Wildman–Crippen MR) is 114 cm³/mol. The first kappa shape index (κ1) is 21.8. The number of nitrogens with zero attached hydrogens (tertiary/aromatic N) is 4. The molecule has 0 spiro atoms. The number of aromatic nitrogens is 4. The molecule has 2 N–H and O–H groups in total. The zero-order valence-corrected chi connectivity index (χ0v) is 18.0. The molecule has 2 heterocycles. The molecule has 0 aliphatic carbocycles. The summed E-state index contributed by atoms with van der Waals surface area (Å²) in [4.78, 5) is 1.01. The van der Waals surface area contributed by atoms with E-state index in [-0.39, 0.29) is 5.13 Å². The van der Waals surface area contributed by atoms with Crippen molar-refractivity contribution in [3.05, 3.63) is 71.1 Å². The van der Waals surface area contributed by atoms with Crippen LogP contribution < -0.4 is 9.62 Å². The molecule has 0 atom stereocenters. The fourth-order valence-electron chi connectivity index (χ4n) is 2.95. The average molecular weight is 480 g/mol. The molecule has 166 valence electrons. The molecule has 0 radical (unpaired) electrons. The Bertz CT molecular complexity index is 1340. The Morgan fingerprint density at radius 1 is 1.09 bits per heavy atom. The lowest BCUT2D eigenvalue weighted by atomic mass is 10.2. The van der Waals surface area contributed by atoms with Crippen LogP contribution in [0.25, 0.3) is 0 Å². The van der Waals surface area contributed by atoms with Crippen molar-refractivity contribution < 1.29 is 21.6 Å². The summed E-state index contributed by atoms with van der Waals surface area (Å²) < 4.78 is 67.4. The molecule has 4 rings (SSSR count). The lowest BCUT2D eigenvalue weighted by Crippen LogP contribution is -2.16. The number of alkyl halides is 2. The highest BCUT2D eigenvalue weighted by Gasteiger charge is 2.24. The monoisotopic (exact) mass is 480 g/mol. The minimum absolute atomic E-state index is 0.340. The van der Waals surface area contributed by atoms with Gasteiger partial charge in [0.05, 0.1) is 11.9 Å². The van der Waals surface area contributed by atoms with Gasteiger partial charge in [-0.3, -0.25) is 14.7 Å². The van der Waals surface area contributed by atoms with Gasteiger partial charge in [-0.25, -0.2) is 21.6 Å². The van der Waals surface area contributed by atoms with Crippen LogP contribution in [0.4, 0.5) is 35.5 Å². The largest absolute Gasteiger partial charge is 0.295 e. The second-order valence-electron chi connectivity index (χ2n) is 6.58. The minimum Gasteiger partial charge on any atom is -0.295 e. The molecule has 0 bridgehead atoms. The van der Waals surface area contributed by atoms with Crippen LogP contribution in [0, 0.1) is 12.7 Å². The van der Waals surface area contributed by atoms with Gasteiger partial charge in [0, 0.05) is 11.8 Å². The van der Waals surface area contributed by atoms with Crippen LogP contribution in [0.1, 0.15) is 17.0 Å². The van der Waals surface area contributed by atoms with Crippen molar-refractivity contribution >= 4 is 43.7 Å². The van der Waals surface area contributed by atoms with Crippen molar-refractivity contribution in [2.45, 2.75) is 18.2 Å². The summed E-state index contributed by atoms with van der Waals surface area (Å²) in [7, 11) is -4.42. The highest BCUT2D eigenvalue weighted by atomic mass is 32.2. The van der Waals surface area contributed by atoms with E-state index in [2.05, 4.69) is 20.4 Å². The summed E-state index contributed by atoms with van der Waals surface area (Å²) >= 11 is 0.369. The van der Waals surface area contributed by atoms with Crippen molar-refractivity contribution in [3.8, 4) is 0 Å². The van der Waals surface area contributed by atoms with Gasteiger partial charge in [-0.05, 0) is 42.8 Å². The number of halogens is 3. The van der Waals surface area contributed by atoms with Crippen molar-refractivity contribution in [1.82, 2.24) is 20.4 Å². The predicted octanol–water partition coefficient (Wildman–Crippen LogP) is 4.92. The summed E-state index contributed by atoms with van der Waals surface area (Å²) in [6.07, 6.45) is -1.36. The van der Waals surface area contributed by atoms with E-state index in [0.29, 0.717) is 28.5 Å². The molecule has 0 amide bonds.